The Morgan fingerprint density at radius 2 is 2.29 bits per heavy atom. The van der Waals surface area contributed by atoms with Crippen LogP contribution in [0, 0.1) is 0 Å². The summed E-state index contributed by atoms with van der Waals surface area (Å²) in [5.74, 6) is 0.133. The number of nitrogens with one attached hydrogen (secondary N) is 1. The summed E-state index contributed by atoms with van der Waals surface area (Å²) in [7, 11) is 0. The Kier molecular flexibility index (Phi) is 3.49. The van der Waals surface area contributed by atoms with E-state index >= 15 is 0 Å². The zero-order chi connectivity index (χ0) is 12.5. The molecule has 2 heterocycles. The second-order valence-electron chi connectivity index (χ2n) is 4.75. The fraction of sp³-hybridized carbons (Fsp3) is 0.500. The van der Waals surface area contributed by atoms with Crippen LogP contribution < -0.4 is 5.32 Å². The Morgan fingerprint density at radius 1 is 1.53 bits per heavy atom. The topological polar surface area (TPSA) is 45.2 Å². The van der Waals surface area contributed by atoms with E-state index in [0.717, 1.165) is 23.3 Å². The van der Waals surface area contributed by atoms with Gasteiger partial charge in [0, 0.05) is 23.8 Å². The molecule has 1 aromatic rings. The monoisotopic (exact) mass is 297 g/mol. The Bertz CT molecular complexity index is 416. The molecular formula is C12H16BrN3O. The number of nitrogens with zero attached hydrogens (tertiary/aromatic N) is 2. The minimum atomic E-state index is -0.465. The highest BCUT2D eigenvalue weighted by Gasteiger charge is 2.35. The Hall–Kier alpha value is -0.940. The summed E-state index contributed by atoms with van der Waals surface area (Å²) < 4.78 is 0.952. The van der Waals surface area contributed by atoms with Crippen LogP contribution in [0.3, 0.4) is 0 Å². The van der Waals surface area contributed by atoms with Gasteiger partial charge in [-0.2, -0.15) is 0 Å². The van der Waals surface area contributed by atoms with Crippen LogP contribution in [0.25, 0.3) is 0 Å². The third kappa shape index (κ3) is 2.84. The number of amides is 1. The maximum atomic E-state index is 12.1. The molecule has 4 nitrogen and oxygen atoms in total. The van der Waals surface area contributed by atoms with Crippen LogP contribution in [-0.4, -0.2) is 34.4 Å². The van der Waals surface area contributed by atoms with Crippen molar-refractivity contribution >= 4 is 21.8 Å². The highest BCUT2D eigenvalue weighted by Crippen LogP contribution is 2.15. The largest absolute Gasteiger partial charge is 0.334 e. The first-order chi connectivity index (χ1) is 7.99. The lowest BCUT2D eigenvalue weighted by molar-refractivity contribution is -0.140. The summed E-state index contributed by atoms with van der Waals surface area (Å²) in [4.78, 5) is 18.3. The molecule has 0 bridgehead atoms. The molecule has 17 heavy (non-hydrogen) atoms. The maximum absolute atomic E-state index is 12.1. The van der Waals surface area contributed by atoms with Crippen LogP contribution in [0.5, 0.6) is 0 Å². The van der Waals surface area contributed by atoms with Crippen molar-refractivity contribution in [3.05, 3.63) is 28.5 Å². The smallest absolute Gasteiger partial charge is 0.242 e. The number of piperazine rings is 1. The lowest BCUT2D eigenvalue weighted by atomic mass is 10.0. The lowest BCUT2D eigenvalue weighted by Gasteiger charge is -2.37. The molecule has 0 saturated carbocycles. The Morgan fingerprint density at radius 3 is 2.94 bits per heavy atom. The molecule has 1 fully saturated rings. The van der Waals surface area contributed by atoms with Gasteiger partial charge in [0.25, 0.3) is 0 Å². The fourth-order valence-electron chi connectivity index (χ4n) is 1.92. The molecule has 1 N–H and O–H groups in total. The van der Waals surface area contributed by atoms with Gasteiger partial charge in [-0.1, -0.05) is 0 Å². The zero-order valence-corrected chi connectivity index (χ0v) is 11.6. The Labute approximate surface area is 110 Å². The molecule has 1 aromatic heterocycles. The van der Waals surface area contributed by atoms with Crippen molar-refractivity contribution in [2.75, 3.05) is 13.1 Å². The molecule has 1 saturated heterocycles. The first-order valence-corrected chi connectivity index (χ1v) is 6.43. The molecule has 1 aliphatic rings. The van der Waals surface area contributed by atoms with Gasteiger partial charge in [-0.25, -0.2) is 0 Å². The second kappa shape index (κ2) is 4.74. The first-order valence-electron chi connectivity index (χ1n) is 5.64. The van der Waals surface area contributed by atoms with Crippen LogP contribution in [-0.2, 0) is 11.3 Å². The highest BCUT2D eigenvalue weighted by atomic mass is 79.9. The van der Waals surface area contributed by atoms with E-state index in [1.807, 2.05) is 30.9 Å². The number of hydrogen-bond donors (Lipinski definition) is 1. The van der Waals surface area contributed by atoms with Crippen molar-refractivity contribution in [1.29, 1.82) is 0 Å². The molecule has 1 amide bonds. The van der Waals surface area contributed by atoms with Gasteiger partial charge >= 0.3 is 0 Å². The van der Waals surface area contributed by atoms with E-state index < -0.39 is 5.54 Å². The van der Waals surface area contributed by atoms with Crippen molar-refractivity contribution in [2.24, 2.45) is 0 Å². The van der Waals surface area contributed by atoms with Gasteiger partial charge in [0.1, 0.15) is 0 Å². The van der Waals surface area contributed by atoms with Crippen molar-refractivity contribution in [3.8, 4) is 0 Å². The molecule has 0 aliphatic carbocycles. The molecule has 5 heteroatoms. The van der Waals surface area contributed by atoms with Gasteiger partial charge in [0.05, 0.1) is 17.8 Å². The molecule has 0 spiro atoms. The van der Waals surface area contributed by atoms with Crippen LogP contribution in [0.4, 0.5) is 0 Å². The van der Waals surface area contributed by atoms with Crippen molar-refractivity contribution in [3.63, 3.8) is 0 Å². The van der Waals surface area contributed by atoms with Gasteiger partial charge in [-0.15, -0.1) is 0 Å². The zero-order valence-electron chi connectivity index (χ0n) is 10.0. The van der Waals surface area contributed by atoms with Crippen LogP contribution in [0.15, 0.2) is 22.8 Å². The third-order valence-corrected chi connectivity index (χ3v) is 3.38. The number of hydrogen-bond acceptors (Lipinski definition) is 3. The normalized spacial score (nSPS) is 19.5. The van der Waals surface area contributed by atoms with Crippen LogP contribution in [0.1, 0.15) is 19.5 Å². The fourth-order valence-corrected chi connectivity index (χ4v) is 2.16. The SMILES string of the molecule is CC1(C)NCCN(Cc2ccc(Br)cn2)C1=O. The number of rotatable bonds is 2. The van der Waals surface area contributed by atoms with Crippen LogP contribution >= 0.6 is 15.9 Å². The first kappa shape index (κ1) is 12.5. The van der Waals surface area contributed by atoms with Crippen molar-refractivity contribution in [1.82, 2.24) is 15.2 Å². The quantitative estimate of drug-likeness (QED) is 0.901. The van der Waals surface area contributed by atoms with Gasteiger partial charge in [-0.3, -0.25) is 9.78 Å². The molecule has 0 radical (unpaired) electrons. The minimum absolute atomic E-state index is 0.133. The average molecular weight is 298 g/mol. The summed E-state index contributed by atoms with van der Waals surface area (Å²) in [6.45, 7) is 5.97. The third-order valence-electron chi connectivity index (χ3n) is 2.91. The van der Waals surface area contributed by atoms with E-state index in [-0.39, 0.29) is 5.91 Å². The average Bonchev–Trinajstić information content (AvgIpc) is 2.28. The van der Waals surface area contributed by atoms with Crippen molar-refractivity contribution in [2.45, 2.75) is 25.9 Å². The van der Waals surface area contributed by atoms with E-state index in [1.54, 1.807) is 6.20 Å². The number of pyridine rings is 1. The lowest BCUT2D eigenvalue weighted by Crippen LogP contribution is -2.60. The van der Waals surface area contributed by atoms with Gasteiger partial charge in [0.15, 0.2) is 0 Å². The van der Waals surface area contributed by atoms with Gasteiger partial charge < -0.3 is 10.2 Å². The highest BCUT2D eigenvalue weighted by molar-refractivity contribution is 9.10. The van der Waals surface area contributed by atoms with Gasteiger partial charge in [0.2, 0.25) is 5.91 Å². The molecule has 92 valence electrons. The summed E-state index contributed by atoms with van der Waals surface area (Å²) in [5.41, 5.74) is 0.451. The number of carbonyl (C=O) groups is 1. The summed E-state index contributed by atoms with van der Waals surface area (Å²) in [6, 6.07) is 3.88. The maximum Gasteiger partial charge on any atom is 0.242 e. The molecular weight excluding hydrogens is 282 g/mol. The molecule has 1 aliphatic heterocycles. The predicted octanol–water partition coefficient (Wildman–Crippen LogP) is 1.55. The Balaban J connectivity index is 2.08. The molecule has 0 unspecified atom stereocenters. The van der Waals surface area contributed by atoms with Crippen molar-refractivity contribution < 1.29 is 4.79 Å². The van der Waals surface area contributed by atoms with Crippen LogP contribution in [0.2, 0.25) is 0 Å². The molecule has 2 rings (SSSR count). The predicted molar refractivity (Wildman–Crippen MR) is 69.4 cm³/mol. The number of halogens is 1. The standard InChI is InChI=1S/C12H16BrN3O/c1-12(2)11(17)16(6-5-15-12)8-10-4-3-9(13)7-14-10/h3-4,7,15H,5-6,8H2,1-2H3. The number of carbonyl (C=O) groups excluding carboxylic acids is 1. The minimum Gasteiger partial charge on any atom is -0.334 e. The molecule has 0 atom stereocenters. The molecule has 0 aromatic carbocycles. The van der Waals surface area contributed by atoms with E-state index in [1.165, 1.54) is 0 Å². The van der Waals surface area contributed by atoms with E-state index in [0.29, 0.717) is 6.54 Å². The second-order valence-corrected chi connectivity index (χ2v) is 5.66. The summed E-state index contributed by atoms with van der Waals surface area (Å²) >= 11 is 3.35. The number of aromatic nitrogens is 1. The van der Waals surface area contributed by atoms with E-state index in [4.69, 9.17) is 0 Å². The van der Waals surface area contributed by atoms with E-state index in [2.05, 4.69) is 26.2 Å². The summed E-state index contributed by atoms with van der Waals surface area (Å²) in [5, 5.41) is 3.21. The summed E-state index contributed by atoms with van der Waals surface area (Å²) in [6.07, 6.45) is 1.76. The van der Waals surface area contributed by atoms with E-state index in [9.17, 15) is 4.79 Å². The van der Waals surface area contributed by atoms with Gasteiger partial charge in [-0.05, 0) is 41.9 Å².